The number of amides is 2. The number of para-hydroxylation sites is 1. The Kier molecular flexibility index (Phi) is 8.59. The van der Waals surface area contributed by atoms with Crippen LogP contribution in [0.15, 0.2) is 47.6 Å². The number of morpholine rings is 1. The van der Waals surface area contributed by atoms with Gasteiger partial charge in [-0.2, -0.15) is 5.10 Å². The summed E-state index contributed by atoms with van der Waals surface area (Å²) in [5.74, 6) is 0.433. The number of nitrogens with one attached hydrogen (secondary N) is 2. The SMILES string of the molecule is COc1cc(/C=N\NC(=O)CN2CCOCC2)ccc1OCC(=O)Nc1ccccc1C. The molecule has 9 heteroatoms. The number of rotatable bonds is 9. The summed E-state index contributed by atoms with van der Waals surface area (Å²) in [7, 11) is 1.51. The third-order valence-electron chi connectivity index (χ3n) is 4.84. The Hall–Kier alpha value is -3.43. The zero-order valence-electron chi connectivity index (χ0n) is 18.3. The van der Waals surface area contributed by atoms with Crippen LogP contribution in [0.3, 0.4) is 0 Å². The fraction of sp³-hybridized carbons (Fsp3) is 0.348. The molecule has 0 atom stereocenters. The minimum atomic E-state index is -0.269. The zero-order valence-corrected chi connectivity index (χ0v) is 18.3. The molecule has 2 N–H and O–H groups in total. The number of carbonyl (C=O) groups is 2. The zero-order chi connectivity index (χ0) is 22.8. The van der Waals surface area contributed by atoms with Crippen molar-refractivity contribution in [1.82, 2.24) is 10.3 Å². The summed E-state index contributed by atoms with van der Waals surface area (Å²) >= 11 is 0. The lowest BCUT2D eigenvalue weighted by Gasteiger charge is -2.25. The van der Waals surface area contributed by atoms with Gasteiger partial charge in [0.1, 0.15) is 0 Å². The van der Waals surface area contributed by atoms with Gasteiger partial charge in [0.2, 0.25) is 0 Å². The van der Waals surface area contributed by atoms with E-state index in [0.29, 0.717) is 30.3 Å². The Labute approximate surface area is 187 Å². The molecule has 0 unspecified atom stereocenters. The number of hydrogen-bond acceptors (Lipinski definition) is 7. The number of hydrogen-bond donors (Lipinski definition) is 2. The Balaban J connectivity index is 1.50. The second-order valence-electron chi connectivity index (χ2n) is 7.24. The van der Waals surface area contributed by atoms with Gasteiger partial charge in [-0.15, -0.1) is 0 Å². The Bertz CT molecular complexity index is 957. The second kappa shape index (κ2) is 11.8. The van der Waals surface area contributed by atoms with Crippen LogP contribution in [0.4, 0.5) is 5.69 Å². The molecule has 9 nitrogen and oxygen atoms in total. The van der Waals surface area contributed by atoms with E-state index in [1.165, 1.54) is 13.3 Å². The van der Waals surface area contributed by atoms with Crippen LogP contribution in [-0.2, 0) is 14.3 Å². The number of anilines is 1. The molecule has 2 amide bonds. The second-order valence-corrected chi connectivity index (χ2v) is 7.24. The number of aryl methyl sites for hydroxylation is 1. The molecule has 0 spiro atoms. The predicted octanol–water partition coefficient (Wildman–Crippen LogP) is 1.80. The molecule has 1 fully saturated rings. The Morgan fingerprint density at radius 1 is 1.12 bits per heavy atom. The summed E-state index contributed by atoms with van der Waals surface area (Å²) in [5, 5.41) is 6.82. The van der Waals surface area contributed by atoms with Crippen molar-refractivity contribution in [1.29, 1.82) is 0 Å². The average Bonchev–Trinajstić information content (AvgIpc) is 2.80. The molecule has 32 heavy (non-hydrogen) atoms. The summed E-state index contributed by atoms with van der Waals surface area (Å²) < 4.78 is 16.2. The summed E-state index contributed by atoms with van der Waals surface area (Å²) in [6.07, 6.45) is 1.52. The van der Waals surface area contributed by atoms with Gasteiger partial charge in [-0.05, 0) is 42.3 Å². The maximum atomic E-state index is 12.2. The van der Waals surface area contributed by atoms with Crippen molar-refractivity contribution in [2.75, 3.05) is 51.9 Å². The maximum Gasteiger partial charge on any atom is 0.262 e. The highest BCUT2D eigenvalue weighted by atomic mass is 16.5. The van der Waals surface area contributed by atoms with Crippen molar-refractivity contribution in [3.05, 3.63) is 53.6 Å². The van der Waals surface area contributed by atoms with E-state index in [1.807, 2.05) is 36.1 Å². The van der Waals surface area contributed by atoms with Gasteiger partial charge in [0.25, 0.3) is 11.8 Å². The van der Waals surface area contributed by atoms with E-state index in [0.717, 1.165) is 24.3 Å². The molecular weight excluding hydrogens is 412 g/mol. The van der Waals surface area contributed by atoms with E-state index >= 15 is 0 Å². The highest BCUT2D eigenvalue weighted by Gasteiger charge is 2.13. The Morgan fingerprint density at radius 3 is 2.66 bits per heavy atom. The highest BCUT2D eigenvalue weighted by Crippen LogP contribution is 2.27. The van der Waals surface area contributed by atoms with E-state index in [1.54, 1.807) is 18.2 Å². The van der Waals surface area contributed by atoms with E-state index < -0.39 is 0 Å². The lowest BCUT2D eigenvalue weighted by atomic mass is 10.2. The molecular formula is C23H28N4O5. The molecule has 2 aromatic rings. The number of hydrazone groups is 1. The first-order valence-corrected chi connectivity index (χ1v) is 10.3. The molecule has 1 aliphatic rings. The van der Waals surface area contributed by atoms with Crippen LogP contribution >= 0.6 is 0 Å². The summed E-state index contributed by atoms with van der Waals surface area (Å²) in [5.41, 5.74) is 4.95. The van der Waals surface area contributed by atoms with Gasteiger partial charge < -0.3 is 19.5 Å². The van der Waals surface area contributed by atoms with Gasteiger partial charge in [0.05, 0.1) is 33.1 Å². The minimum Gasteiger partial charge on any atom is -0.493 e. The third-order valence-corrected chi connectivity index (χ3v) is 4.84. The minimum absolute atomic E-state index is 0.157. The van der Waals surface area contributed by atoms with Crippen molar-refractivity contribution in [3.8, 4) is 11.5 Å². The predicted molar refractivity (Wildman–Crippen MR) is 121 cm³/mol. The average molecular weight is 441 g/mol. The third kappa shape index (κ3) is 7.07. The molecule has 170 valence electrons. The van der Waals surface area contributed by atoms with Crippen LogP contribution in [-0.4, -0.2) is 69.5 Å². The molecule has 0 aliphatic carbocycles. The molecule has 3 rings (SSSR count). The summed E-state index contributed by atoms with van der Waals surface area (Å²) in [6, 6.07) is 12.7. The summed E-state index contributed by atoms with van der Waals surface area (Å²) in [4.78, 5) is 26.2. The number of carbonyl (C=O) groups excluding carboxylic acids is 2. The van der Waals surface area contributed by atoms with Crippen LogP contribution in [0.1, 0.15) is 11.1 Å². The van der Waals surface area contributed by atoms with Gasteiger partial charge in [-0.1, -0.05) is 18.2 Å². The molecule has 0 aromatic heterocycles. The van der Waals surface area contributed by atoms with Gasteiger partial charge in [-0.25, -0.2) is 5.43 Å². The van der Waals surface area contributed by atoms with Crippen molar-refractivity contribution in [2.45, 2.75) is 6.92 Å². The maximum absolute atomic E-state index is 12.2. The van der Waals surface area contributed by atoms with Crippen LogP contribution in [0.5, 0.6) is 11.5 Å². The van der Waals surface area contributed by atoms with Crippen molar-refractivity contribution in [3.63, 3.8) is 0 Å². The fourth-order valence-electron chi connectivity index (χ4n) is 3.10. The van der Waals surface area contributed by atoms with Gasteiger partial charge in [0.15, 0.2) is 18.1 Å². The van der Waals surface area contributed by atoms with E-state index in [9.17, 15) is 9.59 Å². The number of benzene rings is 2. The van der Waals surface area contributed by atoms with E-state index in [-0.39, 0.29) is 25.0 Å². The van der Waals surface area contributed by atoms with Gasteiger partial charge >= 0.3 is 0 Å². The van der Waals surface area contributed by atoms with Crippen LogP contribution in [0.2, 0.25) is 0 Å². The van der Waals surface area contributed by atoms with Gasteiger partial charge in [0, 0.05) is 18.8 Å². The molecule has 2 aromatic carbocycles. The fourth-order valence-corrected chi connectivity index (χ4v) is 3.10. The molecule has 1 aliphatic heterocycles. The highest BCUT2D eigenvalue weighted by molar-refractivity contribution is 5.92. The van der Waals surface area contributed by atoms with E-state index in [2.05, 4.69) is 15.8 Å². The van der Waals surface area contributed by atoms with Crippen molar-refractivity contribution < 1.29 is 23.8 Å². The molecule has 0 saturated carbocycles. The lowest BCUT2D eigenvalue weighted by molar-refractivity contribution is -0.123. The topological polar surface area (TPSA) is 101 Å². The van der Waals surface area contributed by atoms with Crippen LogP contribution < -0.4 is 20.2 Å². The number of ether oxygens (including phenoxy) is 3. The molecule has 1 saturated heterocycles. The number of nitrogens with zero attached hydrogens (tertiary/aromatic N) is 2. The monoisotopic (exact) mass is 440 g/mol. The first-order valence-electron chi connectivity index (χ1n) is 10.3. The molecule has 1 heterocycles. The normalized spacial score (nSPS) is 14.2. The first-order chi connectivity index (χ1) is 15.5. The molecule has 0 bridgehead atoms. The quantitative estimate of drug-likeness (QED) is 0.456. The lowest BCUT2D eigenvalue weighted by Crippen LogP contribution is -2.42. The smallest absolute Gasteiger partial charge is 0.262 e. The van der Waals surface area contributed by atoms with E-state index in [4.69, 9.17) is 14.2 Å². The van der Waals surface area contributed by atoms with Crippen molar-refractivity contribution in [2.24, 2.45) is 5.10 Å². The summed E-state index contributed by atoms with van der Waals surface area (Å²) in [6.45, 7) is 4.79. The van der Waals surface area contributed by atoms with Crippen molar-refractivity contribution >= 4 is 23.7 Å². The van der Waals surface area contributed by atoms with Gasteiger partial charge in [-0.3, -0.25) is 14.5 Å². The van der Waals surface area contributed by atoms with Crippen LogP contribution in [0, 0.1) is 6.92 Å². The van der Waals surface area contributed by atoms with Crippen LogP contribution in [0.25, 0.3) is 0 Å². The standard InChI is InChI=1S/C23H28N4O5/c1-17-5-3-4-6-19(17)25-23(29)16-32-20-8-7-18(13-21(20)30-2)14-24-26-22(28)15-27-9-11-31-12-10-27/h3-8,13-14H,9-12,15-16H2,1-2H3,(H,25,29)(H,26,28)/b24-14-. The number of methoxy groups -OCH3 is 1. The largest absolute Gasteiger partial charge is 0.493 e. The molecule has 0 radical (unpaired) electrons. The first kappa shape index (κ1) is 23.2. The Morgan fingerprint density at radius 2 is 1.91 bits per heavy atom.